The number of allylic oxidation sites excluding steroid dienone is 3. The Labute approximate surface area is 237 Å². The van der Waals surface area contributed by atoms with Crippen LogP contribution in [-0.4, -0.2) is 68.5 Å². The van der Waals surface area contributed by atoms with Gasteiger partial charge in [0.25, 0.3) is 0 Å². The molecule has 4 aliphatic carbocycles. The first-order valence-electron chi connectivity index (χ1n) is 14.8. The molecule has 224 valence electrons. The number of fused-ring (bicyclic) bond motifs is 5. The minimum absolute atomic E-state index is 0.0495. The van der Waals surface area contributed by atoms with Gasteiger partial charge in [0.1, 0.15) is 12.2 Å². The molecule has 4 N–H and O–H groups in total. The molecule has 8 heteroatoms. The molecule has 3 fully saturated rings. The van der Waals surface area contributed by atoms with Crippen molar-refractivity contribution in [1.29, 1.82) is 0 Å². The molecule has 0 spiro atoms. The van der Waals surface area contributed by atoms with E-state index in [0.29, 0.717) is 25.7 Å². The first-order valence-corrected chi connectivity index (χ1v) is 14.8. The van der Waals surface area contributed by atoms with Crippen molar-refractivity contribution in [2.24, 2.45) is 45.3 Å². The zero-order valence-electron chi connectivity index (χ0n) is 25.2. The van der Waals surface area contributed by atoms with Gasteiger partial charge in [-0.25, -0.2) is 0 Å². The number of esters is 1. The lowest BCUT2D eigenvalue weighted by atomic mass is 9.37. The molecular formula is C32H48O8. The summed E-state index contributed by atoms with van der Waals surface area (Å²) in [6.45, 7) is 14.8. The Morgan fingerprint density at radius 1 is 1.15 bits per heavy atom. The normalized spacial score (nSPS) is 48.6. The summed E-state index contributed by atoms with van der Waals surface area (Å²) in [6.07, 6.45) is 3.66. The third-order valence-electron chi connectivity index (χ3n) is 12.0. The number of carbonyl (C=O) groups excluding carboxylic acids is 2. The lowest BCUT2D eigenvalue weighted by Crippen LogP contribution is -2.68. The van der Waals surface area contributed by atoms with Crippen molar-refractivity contribution in [2.45, 2.75) is 117 Å². The first kappa shape index (κ1) is 29.9. The Balaban J connectivity index is 1.55. The molecule has 1 heterocycles. The van der Waals surface area contributed by atoms with Crippen molar-refractivity contribution in [1.82, 2.24) is 0 Å². The van der Waals surface area contributed by atoms with Crippen LogP contribution < -0.4 is 0 Å². The highest BCUT2D eigenvalue weighted by Gasteiger charge is 2.71. The van der Waals surface area contributed by atoms with Crippen LogP contribution in [0.2, 0.25) is 0 Å². The molecule has 8 nitrogen and oxygen atoms in total. The van der Waals surface area contributed by atoms with E-state index in [1.807, 2.05) is 19.9 Å². The number of aliphatic hydroxyl groups excluding tert-OH is 3. The Hall–Kier alpha value is -1.58. The largest absolute Gasteiger partial charge is 0.462 e. The summed E-state index contributed by atoms with van der Waals surface area (Å²) in [7, 11) is 0. The van der Waals surface area contributed by atoms with E-state index >= 15 is 0 Å². The van der Waals surface area contributed by atoms with Crippen LogP contribution in [0.4, 0.5) is 0 Å². The Kier molecular flexibility index (Phi) is 6.88. The van der Waals surface area contributed by atoms with Crippen LogP contribution in [-0.2, 0) is 19.1 Å². The molecule has 40 heavy (non-hydrogen) atoms. The molecule has 1 saturated heterocycles. The zero-order chi connectivity index (χ0) is 29.8. The van der Waals surface area contributed by atoms with Gasteiger partial charge >= 0.3 is 5.97 Å². The highest BCUT2D eigenvalue weighted by Crippen LogP contribution is 2.72. The van der Waals surface area contributed by atoms with Gasteiger partial charge < -0.3 is 29.9 Å². The molecule has 0 unspecified atom stereocenters. The molecule has 0 bridgehead atoms. The minimum Gasteiger partial charge on any atom is -0.462 e. The smallest absolute Gasteiger partial charge is 0.302 e. The molecule has 1 aliphatic heterocycles. The van der Waals surface area contributed by atoms with Gasteiger partial charge in [0, 0.05) is 29.6 Å². The molecule has 5 aliphatic rings. The van der Waals surface area contributed by atoms with E-state index in [1.165, 1.54) is 20.8 Å². The summed E-state index contributed by atoms with van der Waals surface area (Å²) in [4.78, 5) is 25.5. The maximum atomic E-state index is 13.0. The fourth-order valence-corrected chi connectivity index (χ4v) is 10.2. The summed E-state index contributed by atoms with van der Waals surface area (Å²) in [5.74, 6) is -1.13. The Morgan fingerprint density at radius 2 is 1.80 bits per heavy atom. The number of aliphatic hydroxyl groups is 4. The number of hydrogen-bond acceptors (Lipinski definition) is 8. The van der Waals surface area contributed by atoms with Crippen LogP contribution in [0, 0.1) is 45.3 Å². The van der Waals surface area contributed by atoms with Crippen LogP contribution in [0.3, 0.4) is 0 Å². The zero-order valence-corrected chi connectivity index (χ0v) is 25.2. The van der Waals surface area contributed by atoms with E-state index in [-0.39, 0.29) is 35.4 Å². The summed E-state index contributed by atoms with van der Waals surface area (Å²) in [5.41, 5.74) is -2.63. The van der Waals surface area contributed by atoms with E-state index < -0.39 is 58.0 Å². The van der Waals surface area contributed by atoms with Gasteiger partial charge in [0.2, 0.25) is 0 Å². The number of ketones is 1. The number of hydrogen-bond donors (Lipinski definition) is 4. The standard InChI is InChI=1S/C32H48O8/c1-16(33)39-24-14-22-28(2,3)23(35)11-12-30(22,6)25-19(34)15-31(7)18(9-10-21(31)32(24,25)8)17-13-20(40-27(17)37)26(36)29(4,5)38/h10-12,17-20,22,24-27,34,36-38H,9,13-15H2,1-8H3/t17-,18-,19-,20-,22+,24-,25-,26+,27-,30+,31-,32-/m1/s1. The second kappa shape index (κ2) is 9.21. The lowest BCUT2D eigenvalue weighted by Gasteiger charge is -2.67. The molecular weight excluding hydrogens is 512 g/mol. The van der Waals surface area contributed by atoms with Crippen molar-refractivity contribution in [3.63, 3.8) is 0 Å². The molecule has 0 aromatic carbocycles. The van der Waals surface area contributed by atoms with Crippen molar-refractivity contribution in [3.8, 4) is 0 Å². The van der Waals surface area contributed by atoms with Crippen LogP contribution in [0.5, 0.6) is 0 Å². The number of carbonyl (C=O) groups is 2. The first-order chi connectivity index (χ1) is 18.3. The van der Waals surface area contributed by atoms with Gasteiger partial charge in [0.05, 0.1) is 17.8 Å². The van der Waals surface area contributed by atoms with E-state index in [2.05, 4.69) is 26.8 Å². The van der Waals surface area contributed by atoms with Gasteiger partial charge in [-0.2, -0.15) is 0 Å². The van der Waals surface area contributed by atoms with Crippen molar-refractivity contribution >= 4 is 11.8 Å². The lowest BCUT2D eigenvalue weighted by molar-refractivity contribution is -0.212. The summed E-state index contributed by atoms with van der Waals surface area (Å²) >= 11 is 0. The summed E-state index contributed by atoms with van der Waals surface area (Å²) in [5, 5.41) is 44.2. The third-order valence-corrected chi connectivity index (χ3v) is 12.0. The topological polar surface area (TPSA) is 134 Å². The quantitative estimate of drug-likeness (QED) is 0.304. The minimum atomic E-state index is -1.38. The number of rotatable bonds is 4. The molecule has 2 saturated carbocycles. The summed E-state index contributed by atoms with van der Waals surface area (Å²) in [6, 6.07) is 0. The van der Waals surface area contributed by atoms with E-state index in [0.717, 1.165) is 5.57 Å². The van der Waals surface area contributed by atoms with Gasteiger partial charge in [-0.1, -0.05) is 52.3 Å². The van der Waals surface area contributed by atoms with Gasteiger partial charge in [0.15, 0.2) is 12.1 Å². The second-order valence-electron chi connectivity index (χ2n) is 15.1. The molecule has 12 atom stereocenters. The van der Waals surface area contributed by atoms with Crippen molar-refractivity contribution < 1.29 is 39.5 Å². The fourth-order valence-electron chi connectivity index (χ4n) is 10.2. The van der Waals surface area contributed by atoms with Gasteiger partial charge in [-0.3, -0.25) is 9.59 Å². The predicted octanol–water partition coefficient (Wildman–Crippen LogP) is 3.30. The fraction of sp³-hybridized carbons (Fsp3) is 0.812. The van der Waals surface area contributed by atoms with Crippen LogP contribution in [0.25, 0.3) is 0 Å². The number of ether oxygens (including phenoxy) is 2. The summed E-state index contributed by atoms with van der Waals surface area (Å²) < 4.78 is 11.9. The van der Waals surface area contributed by atoms with Crippen LogP contribution >= 0.6 is 0 Å². The molecule has 0 radical (unpaired) electrons. The SMILES string of the molecule is CC(=O)O[C@@H]1C[C@H]2C(C)(C)C(=O)C=C[C@]2(C)[C@H]2[C@H](O)C[C@@]3(C)C(=CC[C@@H]3[C@H]3C[C@H]([C@H](O)C(C)(C)O)O[C@H]3O)[C@@]21C. The average Bonchev–Trinajstić information content (AvgIpc) is 3.36. The maximum Gasteiger partial charge on any atom is 0.302 e. The van der Waals surface area contributed by atoms with Gasteiger partial charge in [-0.15, -0.1) is 0 Å². The molecule has 5 rings (SSSR count). The Morgan fingerprint density at radius 3 is 2.40 bits per heavy atom. The van der Waals surface area contributed by atoms with E-state index in [4.69, 9.17) is 9.47 Å². The highest BCUT2D eigenvalue weighted by molar-refractivity contribution is 5.95. The van der Waals surface area contributed by atoms with Crippen LogP contribution in [0.15, 0.2) is 23.8 Å². The van der Waals surface area contributed by atoms with Crippen molar-refractivity contribution in [3.05, 3.63) is 23.8 Å². The average molecular weight is 561 g/mol. The molecule has 0 aromatic rings. The second-order valence-corrected chi connectivity index (χ2v) is 15.1. The maximum absolute atomic E-state index is 13.0. The Bertz CT molecular complexity index is 1130. The van der Waals surface area contributed by atoms with Gasteiger partial charge in [-0.05, 0) is 68.3 Å². The third kappa shape index (κ3) is 4.03. The predicted molar refractivity (Wildman–Crippen MR) is 148 cm³/mol. The van der Waals surface area contributed by atoms with E-state index in [1.54, 1.807) is 6.08 Å². The molecule has 0 amide bonds. The van der Waals surface area contributed by atoms with E-state index in [9.17, 15) is 30.0 Å². The molecule has 0 aromatic heterocycles. The highest BCUT2D eigenvalue weighted by atomic mass is 16.6. The van der Waals surface area contributed by atoms with Crippen LogP contribution in [0.1, 0.15) is 81.1 Å². The monoisotopic (exact) mass is 560 g/mol. The van der Waals surface area contributed by atoms with Crippen molar-refractivity contribution in [2.75, 3.05) is 0 Å².